The van der Waals surface area contributed by atoms with E-state index in [1.54, 1.807) is 12.1 Å². The number of nitrogens with one attached hydrogen (secondary N) is 1. The Kier molecular flexibility index (Phi) is 6.92. The second-order valence-electron chi connectivity index (χ2n) is 6.66. The van der Waals surface area contributed by atoms with E-state index in [-0.39, 0.29) is 11.8 Å². The summed E-state index contributed by atoms with van der Waals surface area (Å²) in [7, 11) is 0. The van der Waals surface area contributed by atoms with Crippen LogP contribution in [0.4, 0.5) is 0 Å². The molecule has 3 rings (SSSR count). The zero-order chi connectivity index (χ0) is 18.2. The SMILES string of the molecule is O=C(NCCOc1cccc(Cl)c1)C1CCCN(Cc2ccccc2)C1. The molecule has 1 atom stereocenters. The number of likely N-dealkylation sites (tertiary alicyclic amines) is 1. The molecule has 26 heavy (non-hydrogen) atoms. The molecule has 0 bridgehead atoms. The minimum absolute atomic E-state index is 0.0543. The largest absolute Gasteiger partial charge is 0.492 e. The lowest BCUT2D eigenvalue weighted by atomic mass is 9.96. The van der Waals surface area contributed by atoms with E-state index in [0.717, 1.165) is 38.2 Å². The second kappa shape index (κ2) is 9.60. The molecule has 1 fully saturated rings. The fourth-order valence-corrected chi connectivity index (χ4v) is 3.48. The van der Waals surface area contributed by atoms with Crippen LogP contribution in [-0.4, -0.2) is 37.0 Å². The van der Waals surface area contributed by atoms with Crippen LogP contribution >= 0.6 is 11.6 Å². The molecule has 0 saturated carbocycles. The number of nitrogens with zero attached hydrogens (tertiary/aromatic N) is 1. The molecule has 138 valence electrons. The highest BCUT2D eigenvalue weighted by Crippen LogP contribution is 2.19. The van der Waals surface area contributed by atoms with Gasteiger partial charge in [-0.2, -0.15) is 0 Å². The summed E-state index contributed by atoms with van der Waals surface area (Å²) in [5.74, 6) is 0.898. The van der Waals surface area contributed by atoms with E-state index in [2.05, 4.69) is 34.5 Å². The number of piperidine rings is 1. The number of amides is 1. The summed E-state index contributed by atoms with van der Waals surface area (Å²) in [4.78, 5) is 14.8. The van der Waals surface area contributed by atoms with Crippen LogP contribution in [0.2, 0.25) is 5.02 Å². The average molecular weight is 373 g/mol. The Bertz CT molecular complexity index is 708. The van der Waals surface area contributed by atoms with Crippen LogP contribution in [0.3, 0.4) is 0 Å². The molecule has 2 aromatic carbocycles. The van der Waals surface area contributed by atoms with E-state index in [0.29, 0.717) is 18.2 Å². The van der Waals surface area contributed by atoms with Gasteiger partial charge in [-0.3, -0.25) is 9.69 Å². The number of carbonyl (C=O) groups excluding carboxylic acids is 1. The Morgan fingerprint density at radius 3 is 2.85 bits per heavy atom. The van der Waals surface area contributed by atoms with Crippen molar-refractivity contribution in [2.24, 2.45) is 5.92 Å². The highest BCUT2D eigenvalue weighted by Gasteiger charge is 2.25. The third kappa shape index (κ3) is 5.75. The van der Waals surface area contributed by atoms with Gasteiger partial charge in [0.25, 0.3) is 0 Å². The van der Waals surface area contributed by atoms with Crippen molar-refractivity contribution >= 4 is 17.5 Å². The number of ether oxygens (including phenoxy) is 1. The molecule has 1 aliphatic heterocycles. The molecule has 1 aliphatic rings. The first-order valence-electron chi connectivity index (χ1n) is 9.13. The van der Waals surface area contributed by atoms with Gasteiger partial charge in [0.1, 0.15) is 12.4 Å². The van der Waals surface area contributed by atoms with Gasteiger partial charge in [0.05, 0.1) is 12.5 Å². The molecule has 1 saturated heterocycles. The number of rotatable bonds is 7. The predicted molar refractivity (Wildman–Crippen MR) is 104 cm³/mol. The molecule has 1 amide bonds. The molecular weight excluding hydrogens is 348 g/mol. The van der Waals surface area contributed by atoms with Gasteiger partial charge in [0.2, 0.25) is 5.91 Å². The Balaban J connectivity index is 1.40. The maximum Gasteiger partial charge on any atom is 0.224 e. The molecule has 1 heterocycles. The highest BCUT2D eigenvalue weighted by atomic mass is 35.5. The first-order chi connectivity index (χ1) is 12.7. The van der Waals surface area contributed by atoms with Crippen LogP contribution in [0.15, 0.2) is 54.6 Å². The quantitative estimate of drug-likeness (QED) is 0.752. The summed E-state index contributed by atoms with van der Waals surface area (Å²) >= 11 is 5.93. The van der Waals surface area contributed by atoms with Crippen molar-refractivity contribution in [2.45, 2.75) is 19.4 Å². The molecule has 1 N–H and O–H groups in total. The maximum atomic E-state index is 12.4. The fourth-order valence-electron chi connectivity index (χ4n) is 3.30. The summed E-state index contributed by atoms with van der Waals surface area (Å²) in [6.07, 6.45) is 2.01. The topological polar surface area (TPSA) is 41.6 Å². The zero-order valence-electron chi connectivity index (χ0n) is 14.9. The van der Waals surface area contributed by atoms with E-state index < -0.39 is 0 Å². The first kappa shape index (κ1) is 18.7. The number of hydrogen-bond acceptors (Lipinski definition) is 3. The Labute approximate surface area is 160 Å². The molecule has 0 spiro atoms. The van der Waals surface area contributed by atoms with Gasteiger partial charge in [-0.1, -0.05) is 48.0 Å². The smallest absolute Gasteiger partial charge is 0.224 e. The minimum atomic E-state index is 0.0543. The monoisotopic (exact) mass is 372 g/mol. The minimum Gasteiger partial charge on any atom is -0.492 e. The maximum absolute atomic E-state index is 12.4. The van der Waals surface area contributed by atoms with Crippen LogP contribution in [-0.2, 0) is 11.3 Å². The number of hydrogen-bond donors (Lipinski definition) is 1. The lowest BCUT2D eigenvalue weighted by Gasteiger charge is -2.32. The van der Waals surface area contributed by atoms with Crippen LogP contribution in [0, 0.1) is 5.92 Å². The molecular formula is C21H25ClN2O2. The Morgan fingerprint density at radius 1 is 1.19 bits per heavy atom. The van der Waals surface area contributed by atoms with Crippen molar-refractivity contribution in [3.05, 3.63) is 65.2 Å². The van der Waals surface area contributed by atoms with E-state index in [4.69, 9.17) is 16.3 Å². The van der Waals surface area contributed by atoms with Crippen LogP contribution < -0.4 is 10.1 Å². The number of carbonyl (C=O) groups is 1. The Hall–Kier alpha value is -2.04. The van der Waals surface area contributed by atoms with Crippen LogP contribution in [0.5, 0.6) is 5.75 Å². The summed E-state index contributed by atoms with van der Waals surface area (Å²) in [6, 6.07) is 17.7. The van der Waals surface area contributed by atoms with Gasteiger partial charge in [0, 0.05) is 18.1 Å². The summed E-state index contributed by atoms with van der Waals surface area (Å²) in [5.41, 5.74) is 1.29. The highest BCUT2D eigenvalue weighted by molar-refractivity contribution is 6.30. The fraction of sp³-hybridized carbons (Fsp3) is 0.381. The van der Waals surface area contributed by atoms with Crippen LogP contribution in [0.1, 0.15) is 18.4 Å². The van der Waals surface area contributed by atoms with Gasteiger partial charge in [-0.05, 0) is 43.1 Å². The van der Waals surface area contributed by atoms with Crippen molar-refractivity contribution in [2.75, 3.05) is 26.2 Å². The number of halogens is 1. The molecule has 1 unspecified atom stereocenters. The molecule has 0 aromatic heterocycles. The summed E-state index contributed by atoms with van der Waals surface area (Å²) in [6.45, 7) is 3.71. The molecule has 2 aromatic rings. The average Bonchev–Trinajstić information content (AvgIpc) is 2.66. The summed E-state index contributed by atoms with van der Waals surface area (Å²) in [5, 5.41) is 3.64. The standard InChI is InChI=1S/C21H25ClN2O2/c22-19-9-4-10-20(14-19)26-13-11-23-21(25)18-8-5-12-24(16-18)15-17-6-2-1-3-7-17/h1-4,6-7,9-10,14,18H,5,8,11-13,15-16H2,(H,23,25). The van der Waals surface area contributed by atoms with Gasteiger partial charge in [0.15, 0.2) is 0 Å². The van der Waals surface area contributed by atoms with Gasteiger partial charge in [-0.15, -0.1) is 0 Å². The molecule has 4 nitrogen and oxygen atoms in total. The normalized spacial score (nSPS) is 17.7. The lowest BCUT2D eigenvalue weighted by molar-refractivity contribution is -0.126. The number of benzene rings is 2. The van der Waals surface area contributed by atoms with Crippen molar-refractivity contribution < 1.29 is 9.53 Å². The lowest BCUT2D eigenvalue weighted by Crippen LogP contribution is -2.43. The van der Waals surface area contributed by atoms with E-state index in [1.807, 2.05) is 18.2 Å². The molecule has 0 radical (unpaired) electrons. The predicted octanol–water partition coefficient (Wildman–Crippen LogP) is 3.75. The zero-order valence-corrected chi connectivity index (χ0v) is 15.6. The van der Waals surface area contributed by atoms with Gasteiger partial charge < -0.3 is 10.1 Å². The van der Waals surface area contributed by atoms with Crippen molar-refractivity contribution in [3.63, 3.8) is 0 Å². The molecule has 5 heteroatoms. The van der Waals surface area contributed by atoms with Crippen LogP contribution in [0.25, 0.3) is 0 Å². The first-order valence-corrected chi connectivity index (χ1v) is 9.51. The molecule has 0 aliphatic carbocycles. The van der Waals surface area contributed by atoms with Crippen molar-refractivity contribution in [1.29, 1.82) is 0 Å². The van der Waals surface area contributed by atoms with Gasteiger partial charge in [-0.25, -0.2) is 0 Å². The summed E-state index contributed by atoms with van der Waals surface area (Å²) < 4.78 is 5.62. The van der Waals surface area contributed by atoms with Crippen molar-refractivity contribution in [1.82, 2.24) is 10.2 Å². The third-order valence-corrected chi connectivity index (χ3v) is 4.83. The van der Waals surface area contributed by atoms with E-state index >= 15 is 0 Å². The van der Waals surface area contributed by atoms with E-state index in [9.17, 15) is 4.79 Å². The third-order valence-electron chi connectivity index (χ3n) is 4.59. The van der Waals surface area contributed by atoms with E-state index in [1.165, 1.54) is 5.56 Å². The van der Waals surface area contributed by atoms with Gasteiger partial charge >= 0.3 is 0 Å². The van der Waals surface area contributed by atoms with Crippen molar-refractivity contribution in [3.8, 4) is 5.75 Å². The Morgan fingerprint density at radius 2 is 2.04 bits per heavy atom. The second-order valence-corrected chi connectivity index (χ2v) is 7.09.